The van der Waals surface area contributed by atoms with E-state index in [-0.39, 0.29) is 81.7 Å². The van der Waals surface area contributed by atoms with E-state index in [0.29, 0.717) is 49.4 Å². The van der Waals surface area contributed by atoms with Crippen LogP contribution in [0.25, 0.3) is 99.5 Å². The molecule has 4 heteroatoms. The van der Waals surface area contributed by atoms with E-state index in [1.165, 1.54) is 18.2 Å². The molecule has 10 aromatic rings. The molecule has 0 aliphatic carbocycles. The van der Waals surface area contributed by atoms with Gasteiger partial charge in [0.2, 0.25) is 0 Å². The van der Waals surface area contributed by atoms with Crippen molar-refractivity contribution >= 4 is 54.3 Å². The van der Waals surface area contributed by atoms with Gasteiger partial charge in [0.05, 0.1) is 16.4 Å². The lowest BCUT2D eigenvalue weighted by Gasteiger charge is -2.12. The van der Waals surface area contributed by atoms with E-state index in [1.54, 1.807) is 42.5 Å². The summed E-state index contributed by atoms with van der Waals surface area (Å²) in [7, 11) is 0. The van der Waals surface area contributed by atoms with Crippen LogP contribution in [-0.2, 0) is 0 Å². The monoisotopic (exact) mass is 637 g/mol. The van der Waals surface area contributed by atoms with Crippen LogP contribution in [-0.4, -0.2) is 15.0 Å². The van der Waals surface area contributed by atoms with Crippen molar-refractivity contribution in [1.82, 2.24) is 15.0 Å². The summed E-state index contributed by atoms with van der Waals surface area (Å²) in [6, 6.07) is 22.4. The maximum Gasteiger partial charge on any atom is 0.164 e. The fourth-order valence-electron chi connectivity index (χ4n) is 6.34. The molecule has 0 amide bonds. The Hall–Kier alpha value is -6.65. The van der Waals surface area contributed by atoms with Gasteiger partial charge in [-0.1, -0.05) is 133 Å². The standard InChI is InChI=1S/C45H27N3O/c1-3-11-28(12-4-1)43-46-44(29-13-5-2-6-14-29)48-45(47-43)32-21-24-39-38-23-20-31(26-41(38)49-42(39)27-32)30-19-22-37-35-17-8-7-15-33(35)34-16-9-10-18-36(34)40(37)25-30/h1-27H/i1D,3D,4D,7D,8D,9D,11D,12D,16D,18D,19D,25D. The molecule has 10 rings (SSSR count). The van der Waals surface area contributed by atoms with Gasteiger partial charge >= 0.3 is 0 Å². The van der Waals surface area contributed by atoms with E-state index in [9.17, 15) is 2.74 Å². The zero-order valence-electron chi connectivity index (χ0n) is 37.4. The first-order valence-corrected chi connectivity index (χ1v) is 15.4. The van der Waals surface area contributed by atoms with Gasteiger partial charge in [0.15, 0.2) is 17.5 Å². The van der Waals surface area contributed by atoms with Crippen molar-refractivity contribution < 1.29 is 20.9 Å². The van der Waals surface area contributed by atoms with Crippen LogP contribution in [0, 0.1) is 0 Å². The number of hydrogen-bond acceptors (Lipinski definition) is 4. The Labute approximate surface area is 298 Å². The van der Waals surface area contributed by atoms with Gasteiger partial charge in [-0.3, -0.25) is 0 Å². The molecule has 0 saturated carbocycles. The zero-order valence-corrected chi connectivity index (χ0v) is 25.4. The fourth-order valence-corrected chi connectivity index (χ4v) is 6.34. The third-order valence-electron chi connectivity index (χ3n) is 8.64. The second kappa shape index (κ2) is 11.0. The molecule has 0 atom stereocenters. The first kappa shape index (κ1) is 18.0. The Morgan fingerprint density at radius 3 is 1.78 bits per heavy atom. The summed E-state index contributed by atoms with van der Waals surface area (Å²) >= 11 is 0. The molecule has 0 unspecified atom stereocenters. The van der Waals surface area contributed by atoms with Crippen molar-refractivity contribution in [2.45, 2.75) is 0 Å². The molecule has 0 fully saturated rings. The van der Waals surface area contributed by atoms with Gasteiger partial charge in [-0.2, -0.15) is 0 Å². The number of rotatable bonds is 4. The average Bonchev–Trinajstić information content (AvgIpc) is 3.62. The largest absolute Gasteiger partial charge is 0.456 e. The Balaban J connectivity index is 1.15. The minimum Gasteiger partial charge on any atom is -0.456 e. The summed E-state index contributed by atoms with van der Waals surface area (Å²) in [5.41, 5.74) is 2.60. The van der Waals surface area contributed by atoms with E-state index in [4.69, 9.17) is 23.1 Å². The number of furan rings is 1. The second-order valence-electron chi connectivity index (χ2n) is 11.5. The van der Waals surface area contributed by atoms with E-state index in [0.717, 1.165) is 10.8 Å². The molecule has 2 aromatic heterocycles. The highest BCUT2D eigenvalue weighted by Crippen LogP contribution is 2.39. The van der Waals surface area contributed by atoms with Gasteiger partial charge < -0.3 is 4.42 Å². The van der Waals surface area contributed by atoms with Crippen molar-refractivity contribution in [1.29, 1.82) is 0 Å². The lowest BCUT2D eigenvalue weighted by Crippen LogP contribution is -2.00. The SMILES string of the molecule is [2H]c1cc2c(cc1[2H])c1c([2H])c([2H])cc([2H])c1c1c([2H])c(-c3ccc4c(c3)oc3cc(-c5nc(-c6ccccc6)nc(-c6c([2H])c([2H])c([2H])c([2H])c6[2H])n5)ccc34)c([2H])cc21. The molecule has 0 radical (unpaired) electrons. The normalized spacial score (nSPS) is 15.1. The Morgan fingerprint density at radius 2 is 1.00 bits per heavy atom. The van der Waals surface area contributed by atoms with Crippen LogP contribution in [0.5, 0.6) is 0 Å². The van der Waals surface area contributed by atoms with Crippen LogP contribution in [0.2, 0.25) is 0 Å². The molecule has 8 aromatic carbocycles. The van der Waals surface area contributed by atoms with Gasteiger partial charge in [-0.15, -0.1) is 0 Å². The predicted molar refractivity (Wildman–Crippen MR) is 201 cm³/mol. The molecule has 0 aliphatic heterocycles. The number of aromatic nitrogens is 3. The maximum atomic E-state index is 9.55. The molecular weight excluding hydrogens is 599 g/mol. The summed E-state index contributed by atoms with van der Waals surface area (Å²) in [5, 5.41) is 3.57. The van der Waals surface area contributed by atoms with E-state index in [2.05, 4.69) is 9.97 Å². The highest BCUT2D eigenvalue weighted by molar-refractivity contribution is 6.25. The maximum absolute atomic E-state index is 9.55. The lowest BCUT2D eigenvalue weighted by molar-refractivity contribution is 0.669. The Morgan fingerprint density at radius 1 is 0.367 bits per heavy atom. The zero-order chi connectivity index (χ0) is 42.8. The number of fused-ring (bicyclic) bond motifs is 9. The van der Waals surface area contributed by atoms with Crippen LogP contribution in [0.3, 0.4) is 0 Å². The molecule has 4 nitrogen and oxygen atoms in total. The van der Waals surface area contributed by atoms with Crippen LogP contribution in [0.15, 0.2) is 168 Å². The number of benzene rings is 8. The summed E-state index contributed by atoms with van der Waals surface area (Å²) in [5.74, 6) is 0.306. The van der Waals surface area contributed by atoms with Crippen LogP contribution in [0.1, 0.15) is 16.4 Å². The van der Waals surface area contributed by atoms with Gasteiger partial charge in [-0.05, 0) is 73.8 Å². The topological polar surface area (TPSA) is 51.8 Å². The Kier molecular flexibility index (Phi) is 4.04. The molecule has 0 N–H and O–H groups in total. The second-order valence-corrected chi connectivity index (χ2v) is 11.5. The quantitative estimate of drug-likeness (QED) is 0.180. The molecule has 228 valence electrons. The average molecular weight is 638 g/mol. The first-order chi connectivity index (χ1) is 29.2. The number of nitrogens with zero attached hydrogens (tertiary/aromatic N) is 3. The first-order valence-electron chi connectivity index (χ1n) is 21.4. The smallest absolute Gasteiger partial charge is 0.164 e. The van der Waals surface area contributed by atoms with E-state index in [1.807, 2.05) is 30.3 Å². The summed E-state index contributed by atoms with van der Waals surface area (Å²) in [6.07, 6.45) is 0. The molecule has 0 saturated heterocycles. The highest BCUT2D eigenvalue weighted by atomic mass is 16.3. The molecule has 0 bridgehead atoms. The van der Waals surface area contributed by atoms with Crippen LogP contribution >= 0.6 is 0 Å². The molecular formula is C45H27N3O. The molecule has 49 heavy (non-hydrogen) atoms. The minimum absolute atomic E-state index is 0.00564. The summed E-state index contributed by atoms with van der Waals surface area (Å²) < 4.78 is 110. The summed E-state index contributed by atoms with van der Waals surface area (Å²) in [4.78, 5) is 13.9. The van der Waals surface area contributed by atoms with Crippen LogP contribution < -0.4 is 0 Å². The van der Waals surface area contributed by atoms with E-state index >= 15 is 0 Å². The lowest BCUT2D eigenvalue weighted by atomic mass is 9.92. The van der Waals surface area contributed by atoms with Crippen molar-refractivity contribution in [3.63, 3.8) is 0 Å². The van der Waals surface area contributed by atoms with Crippen molar-refractivity contribution in [3.8, 4) is 45.3 Å². The predicted octanol–water partition coefficient (Wildman–Crippen LogP) is 11.9. The van der Waals surface area contributed by atoms with E-state index < -0.39 is 30.2 Å². The highest BCUT2D eigenvalue weighted by Gasteiger charge is 2.16. The van der Waals surface area contributed by atoms with Gasteiger partial charge in [-0.25, -0.2) is 15.0 Å². The van der Waals surface area contributed by atoms with Gasteiger partial charge in [0.1, 0.15) is 11.2 Å². The van der Waals surface area contributed by atoms with Crippen LogP contribution in [0.4, 0.5) is 0 Å². The summed E-state index contributed by atoms with van der Waals surface area (Å²) in [6.45, 7) is 0. The third-order valence-corrected chi connectivity index (χ3v) is 8.64. The van der Waals surface area contributed by atoms with Crippen molar-refractivity contribution in [2.24, 2.45) is 0 Å². The number of hydrogen-bond donors (Lipinski definition) is 0. The van der Waals surface area contributed by atoms with Crippen molar-refractivity contribution in [3.05, 3.63) is 164 Å². The molecule has 2 heterocycles. The third kappa shape index (κ3) is 4.57. The minimum atomic E-state index is -0.532. The van der Waals surface area contributed by atoms with Crippen molar-refractivity contribution in [2.75, 3.05) is 0 Å². The molecule has 0 spiro atoms. The van der Waals surface area contributed by atoms with Gasteiger partial charge in [0, 0.05) is 27.5 Å². The van der Waals surface area contributed by atoms with Gasteiger partial charge in [0.25, 0.3) is 0 Å². The fraction of sp³-hybridized carbons (Fsp3) is 0. The Bertz CT molecular complexity index is 3550. The molecule has 0 aliphatic rings.